The molecule has 3 amide bonds. The van der Waals surface area contributed by atoms with Crippen molar-refractivity contribution in [3.63, 3.8) is 0 Å². The van der Waals surface area contributed by atoms with Crippen molar-refractivity contribution in [1.29, 1.82) is 0 Å². The topological polar surface area (TPSA) is 115 Å². The van der Waals surface area contributed by atoms with Gasteiger partial charge < -0.3 is 14.5 Å². The van der Waals surface area contributed by atoms with Gasteiger partial charge in [0.25, 0.3) is 11.8 Å². The lowest BCUT2D eigenvalue weighted by molar-refractivity contribution is 0.0502. The Kier molecular flexibility index (Phi) is 6.88. The van der Waals surface area contributed by atoms with E-state index in [0.29, 0.717) is 34.6 Å². The number of hydrogen-bond donors (Lipinski definition) is 1. The molecule has 0 unspecified atom stereocenters. The number of benzene rings is 2. The smallest absolute Gasteiger partial charge is 0.407 e. The number of ether oxygens (including phenoxy) is 1. The van der Waals surface area contributed by atoms with Crippen molar-refractivity contribution in [2.45, 2.75) is 45.3 Å². The molecule has 10 heteroatoms. The van der Waals surface area contributed by atoms with Crippen LogP contribution in [0.2, 0.25) is 5.02 Å². The first-order valence-corrected chi connectivity index (χ1v) is 11.5. The fraction of sp³-hybridized carbons (Fsp3) is 0.320. The van der Waals surface area contributed by atoms with E-state index in [2.05, 4.69) is 15.5 Å². The van der Waals surface area contributed by atoms with E-state index < -0.39 is 29.6 Å². The molecule has 1 aliphatic rings. The average Bonchev–Trinajstić information content (AvgIpc) is 3.38. The van der Waals surface area contributed by atoms with Gasteiger partial charge in [0.2, 0.25) is 11.8 Å². The first kappa shape index (κ1) is 24.4. The Balaban J connectivity index is 1.55. The van der Waals surface area contributed by atoms with Crippen molar-refractivity contribution in [2.24, 2.45) is 0 Å². The zero-order valence-corrected chi connectivity index (χ0v) is 20.3. The molecule has 0 saturated heterocycles. The van der Waals surface area contributed by atoms with Crippen LogP contribution in [-0.2, 0) is 4.74 Å². The van der Waals surface area contributed by atoms with Crippen LogP contribution in [0.1, 0.15) is 66.3 Å². The van der Waals surface area contributed by atoms with Crippen LogP contribution in [0.5, 0.6) is 0 Å². The molecule has 0 bridgehead atoms. The molecule has 2 heterocycles. The summed E-state index contributed by atoms with van der Waals surface area (Å²) in [4.78, 5) is 39.4. The first-order chi connectivity index (χ1) is 16.6. The number of halogens is 1. The van der Waals surface area contributed by atoms with Gasteiger partial charge in [-0.25, -0.2) is 4.79 Å². The Bertz CT molecular complexity index is 1210. The van der Waals surface area contributed by atoms with Crippen LogP contribution in [0.4, 0.5) is 4.79 Å². The second-order valence-electron chi connectivity index (χ2n) is 9.06. The molecule has 1 aromatic heterocycles. The molecule has 182 valence electrons. The molecular formula is C25H25ClN4O5. The minimum absolute atomic E-state index is 0.127. The number of alkyl carbamates (subject to hydrolysis) is 1. The van der Waals surface area contributed by atoms with Crippen molar-refractivity contribution in [1.82, 2.24) is 20.4 Å². The van der Waals surface area contributed by atoms with Crippen molar-refractivity contribution in [3.8, 4) is 11.5 Å². The lowest BCUT2D eigenvalue weighted by Crippen LogP contribution is -2.36. The minimum Gasteiger partial charge on any atom is -0.444 e. The van der Waals surface area contributed by atoms with E-state index in [0.717, 1.165) is 4.90 Å². The molecule has 1 N–H and O–H groups in total. The molecule has 0 aliphatic carbocycles. The van der Waals surface area contributed by atoms with Gasteiger partial charge in [0.15, 0.2) is 0 Å². The molecule has 0 spiro atoms. The Hall–Kier alpha value is -3.72. The number of nitrogens with one attached hydrogen (secondary N) is 1. The Morgan fingerprint density at radius 1 is 1.06 bits per heavy atom. The van der Waals surface area contributed by atoms with E-state index in [9.17, 15) is 14.4 Å². The fourth-order valence-electron chi connectivity index (χ4n) is 3.73. The summed E-state index contributed by atoms with van der Waals surface area (Å²) in [6, 6.07) is 12.7. The Morgan fingerprint density at radius 3 is 2.29 bits per heavy atom. The largest absolute Gasteiger partial charge is 0.444 e. The second kappa shape index (κ2) is 9.87. The predicted molar refractivity (Wildman–Crippen MR) is 128 cm³/mol. The van der Waals surface area contributed by atoms with Gasteiger partial charge >= 0.3 is 6.09 Å². The summed E-state index contributed by atoms with van der Waals surface area (Å²) in [5.74, 6) is -0.490. The Labute approximate surface area is 207 Å². The molecule has 2 aromatic carbocycles. The first-order valence-electron chi connectivity index (χ1n) is 11.2. The van der Waals surface area contributed by atoms with E-state index in [4.69, 9.17) is 20.8 Å². The molecule has 35 heavy (non-hydrogen) atoms. The number of aromatic nitrogens is 2. The third-order valence-electron chi connectivity index (χ3n) is 5.28. The molecule has 0 radical (unpaired) electrons. The van der Waals surface area contributed by atoms with Crippen LogP contribution in [0.3, 0.4) is 0 Å². The lowest BCUT2D eigenvalue weighted by Gasteiger charge is -2.23. The van der Waals surface area contributed by atoms with Crippen LogP contribution in [0, 0.1) is 0 Å². The van der Waals surface area contributed by atoms with Crippen molar-refractivity contribution in [2.75, 3.05) is 6.54 Å². The van der Waals surface area contributed by atoms with Crippen molar-refractivity contribution < 1.29 is 23.5 Å². The maximum atomic E-state index is 13.1. The minimum atomic E-state index is -0.809. The summed E-state index contributed by atoms with van der Waals surface area (Å²) in [5.41, 5.74) is 0.689. The van der Waals surface area contributed by atoms with Gasteiger partial charge in [-0.1, -0.05) is 23.7 Å². The maximum absolute atomic E-state index is 13.1. The SMILES string of the molecule is CC(C)(C)OC(=O)NCCC[C@@H](c1nnc(-c2ccc(Cl)cc2)o1)N1C(=O)c2ccccc2C1=O. The average molecular weight is 497 g/mol. The van der Waals surface area contributed by atoms with E-state index in [1.54, 1.807) is 69.3 Å². The van der Waals surface area contributed by atoms with Crippen LogP contribution in [0.15, 0.2) is 52.9 Å². The van der Waals surface area contributed by atoms with Gasteiger partial charge in [0, 0.05) is 17.1 Å². The van der Waals surface area contributed by atoms with Gasteiger partial charge in [0.1, 0.15) is 11.6 Å². The number of nitrogens with zero attached hydrogens (tertiary/aromatic N) is 3. The highest BCUT2D eigenvalue weighted by atomic mass is 35.5. The summed E-state index contributed by atoms with van der Waals surface area (Å²) in [6.45, 7) is 5.60. The van der Waals surface area contributed by atoms with Crippen molar-refractivity contribution >= 4 is 29.5 Å². The normalized spacial score (nSPS) is 14.1. The maximum Gasteiger partial charge on any atom is 0.407 e. The molecule has 3 aromatic rings. The standard InChI is InChI=1S/C25H25ClN4O5/c1-25(2,3)35-24(33)27-14-6-9-19(30-22(31)17-7-4-5-8-18(17)23(30)32)21-29-28-20(34-21)15-10-12-16(26)13-11-15/h4-5,7-8,10-13,19H,6,9,14H2,1-3H3,(H,27,33)/t19-/m0/s1. The summed E-state index contributed by atoms with van der Waals surface area (Å²) in [5, 5.41) is 11.5. The van der Waals surface area contributed by atoms with Gasteiger partial charge in [-0.2, -0.15) is 0 Å². The van der Waals surface area contributed by atoms with Crippen LogP contribution < -0.4 is 5.32 Å². The van der Waals surface area contributed by atoms with Gasteiger partial charge in [-0.15, -0.1) is 10.2 Å². The van der Waals surface area contributed by atoms with Crippen LogP contribution >= 0.6 is 11.6 Å². The van der Waals surface area contributed by atoms with Gasteiger partial charge in [0.05, 0.1) is 11.1 Å². The Morgan fingerprint density at radius 2 is 1.69 bits per heavy atom. The number of carbonyl (C=O) groups is 3. The highest BCUT2D eigenvalue weighted by molar-refractivity contribution is 6.30. The monoisotopic (exact) mass is 496 g/mol. The molecule has 9 nitrogen and oxygen atoms in total. The fourth-order valence-corrected chi connectivity index (χ4v) is 3.86. The quantitative estimate of drug-likeness (QED) is 0.360. The highest BCUT2D eigenvalue weighted by Gasteiger charge is 2.42. The highest BCUT2D eigenvalue weighted by Crippen LogP contribution is 2.34. The number of amides is 3. The number of imide groups is 1. The second-order valence-corrected chi connectivity index (χ2v) is 9.50. The van der Waals surface area contributed by atoms with E-state index >= 15 is 0 Å². The van der Waals surface area contributed by atoms with Crippen LogP contribution in [0.25, 0.3) is 11.5 Å². The number of carbonyl (C=O) groups excluding carboxylic acids is 3. The zero-order chi connectivity index (χ0) is 25.2. The summed E-state index contributed by atoms with van der Waals surface area (Å²) >= 11 is 5.96. The van der Waals surface area contributed by atoms with Gasteiger partial charge in [-0.3, -0.25) is 14.5 Å². The third-order valence-corrected chi connectivity index (χ3v) is 5.53. The van der Waals surface area contributed by atoms with E-state index in [-0.39, 0.29) is 18.3 Å². The zero-order valence-electron chi connectivity index (χ0n) is 19.6. The number of hydrogen-bond acceptors (Lipinski definition) is 7. The third kappa shape index (κ3) is 5.51. The number of fused-ring (bicyclic) bond motifs is 1. The van der Waals surface area contributed by atoms with E-state index in [1.807, 2.05) is 0 Å². The van der Waals surface area contributed by atoms with Gasteiger partial charge in [-0.05, 0) is 70.0 Å². The lowest BCUT2D eigenvalue weighted by atomic mass is 10.1. The van der Waals surface area contributed by atoms with Crippen molar-refractivity contribution in [3.05, 3.63) is 70.6 Å². The molecule has 1 atom stereocenters. The predicted octanol–water partition coefficient (Wildman–Crippen LogP) is 5.03. The summed E-state index contributed by atoms with van der Waals surface area (Å²) < 4.78 is 11.1. The molecular weight excluding hydrogens is 472 g/mol. The molecule has 0 saturated carbocycles. The van der Waals surface area contributed by atoms with Crippen LogP contribution in [-0.4, -0.2) is 45.2 Å². The molecule has 4 rings (SSSR count). The van der Waals surface area contributed by atoms with E-state index in [1.165, 1.54) is 0 Å². The summed E-state index contributed by atoms with van der Waals surface area (Å²) in [6.07, 6.45) is 0.178. The molecule has 0 fully saturated rings. The summed E-state index contributed by atoms with van der Waals surface area (Å²) in [7, 11) is 0. The number of rotatable bonds is 7. The molecule has 1 aliphatic heterocycles.